The highest BCUT2D eigenvalue weighted by molar-refractivity contribution is 5.93. The normalized spacial score (nSPS) is 22.0. The van der Waals surface area contributed by atoms with E-state index in [9.17, 15) is 15.0 Å². The molecule has 2 unspecified atom stereocenters. The van der Waals surface area contributed by atoms with Gasteiger partial charge in [0, 0.05) is 31.9 Å². The van der Waals surface area contributed by atoms with E-state index in [0.717, 1.165) is 24.1 Å². The zero-order chi connectivity index (χ0) is 18.7. The summed E-state index contributed by atoms with van der Waals surface area (Å²) in [5, 5.41) is 24.1. The number of hydrogen-bond donors (Lipinski definition) is 2. The lowest BCUT2D eigenvalue weighted by Crippen LogP contribution is -2.55. The maximum atomic E-state index is 11.5. The summed E-state index contributed by atoms with van der Waals surface area (Å²) in [6.07, 6.45) is 2.67. The van der Waals surface area contributed by atoms with Gasteiger partial charge >= 0.3 is 6.09 Å². The van der Waals surface area contributed by atoms with E-state index in [1.807, 2.05) is 24.2 Å². The number of nitrogens with zero attached hydrogens (tertiary/aromatic N) is 5. The number of fused-ring (bicyclic) bond motifs is 3. The number of aromatic hydroxyl groups is 1. The molecular formula is C18H19N5O4. The van der Waals surface area contributed by atoms with Gasteiger partial charge in [0.1, 0.15) is 5.75 Å². The Bertz CT molecular complexity index is 1030. The molecule has 3 aromatic rings. The van der Waals surface area contributed by atoms with Crippen molar-refractivity contribution in [2.24, 2.45) is 7.05 Å². The topological polar surface area (TPSA) is 108 Å². The van der Waals surface area contributed by atoms with Gasteiger partial charge in [0.2, 0.25) is 0 Å². The van der Waals surface area contributed by atoms with Gasteiger partial charge in [0.15, 0.2) is 11.1 Å². The number of oxazole rings is 1. The van der Waals surface area contributed by atoms with Crippen molar-refractivity contribution in [3.63, 3.8) is 0 Å². The first-order valence-corrected chi connectivity index (χ1v) is 8.90. The van der Waals surface area contributed by atoms with E-state index in [0.29, 0.717) is 30.2 Å². The zero-order valence-corrected chi connectivity index (χ0v) is 14.7. The van der Waals surface area contributed by atoms with Crippen LogP contribution in [-0.4, -0.2) is 61.1 Å². The number of aryl methyl sites for hydroxylation is 1. The highest BCUT2D eigenvalue weighted by Crippen LogP contribution is 2.38. The van der Waals surface area contributed by atoms with Gasteiger partial charge in [-0.25, -0.2) is 4.79 Å². The number of benzene rings is 1. The number of carbonyl (C=O) groups is 1. The fourth-order valence-electron chi connectivity index (χ4n) is 4.25. The number of hydrogen-bond acceptors (Lipinski definition) is 6. The molecule has 5 rings (SSSR count). The third-order valence-corrected chi connectivity index (χ3v) is 5.47. The van der Waals surface area contributed by atoms with Gasteiger partial charge < -0.3 is 19.5 Å². The molecule has 2 saturated heterocycles. The lowest BCUT2D eigenvalue weighted by atomic mass is 10.1. The van der Waals surface area contributed by atoms with Crippen LogP contribution >= 0.6 is 0 Å². The fourth-order valence-corrected chi connectivity index (χ4v) is 4.25. The Labute approximate surface area is 154 Å². The first kappa shape index (κ1) is 16.0. The van der Waals surface area contributed by atoms with Crippen LogP contribution in [0.1, 0.15) is 12.8 Å². The highest BCUT2D eigenvalue weighted by Gasteiger charge is 2.43. The second-order valence-electron chi connectivity index (χ2n) is 7.16. The van der Waals surface area contributed by atoms with Crippen LogP contribution in [0.4, 0.5) is 10.8 Å². The molecule has 2 fully saturated rings. The number of carboxylic acid groups (broad SMARTS) is 1. The summed E-state index contributed by atoms with van der Waals surface area (Å²) < 4.78 is 7.75. The van der Waals surface area contributed by atoms with Crippen LogP contribution in [0.15, 0.2) is 28.8 Å². The van der Waals surface area contributed by atoms with Crippen molar-refractivity contribution in [2.45, 2.75) is 24.9 Å². The molecule has 0 saturated carbocycles. The Morgan fingerprint density at radius 1 is 1.22 bits per heavy atom. The molecule has 2 atom stereocenters. The Morgan fingerprint density at radius 3 is 2.59 bits per heavy atom. The van der Waals surface area contributed by atoms with Gasteiger partial charge in [-0.2, -0.15) is 10.1 Å². The summed E-state index contributed by atoms with van der Waals surface area (Å²) in [4.78, 5) is 19.5. The van der Waals surface area contributed by atoms with Crippen LogP contribution in [0.3, 0.4) is 0 Å². The average molecular weight is 369 g/mol. The standard InChI is InChI=1S/C18H19N5O4/c1-21-7-6-13(20-21)12-4-5-14(24)15-16(12)27-17(19-15)22-8-10-2-3-11(9-22)23(10)18(25)26/h4-7,10-11,24H,2-3,8-9H2,1H3,(H,25,26). The van der Waals surface area contributed by atoms with Gasteiger partial charge in [-0.3, -0.25) is 9.58 Å². The first-order chi connectivity index (χ1) is 13.0. The summed E-state index contributed by atoms with van der Waals surface area (Å²) in [5.41, 5.74) is 2.37. The van der Waals surface area contributed by atoms with Crippen molar-refractivity contribution in [1.29, 1.82) is 0 Å². The Hall–Kier alpha value is -3.23. The quantitative estimate of drug-likeness (QED) is 0.713. The average Bonchev–Trinajstić information content (AvgIpc) is 3.32. The summed E-state index contributed by atoms with van der Waals surface area (Å²) in [7, 11) is 1.84. The molecule has 2 aliphatic rings. The van der Waals surface area contributed by atoms with E-state index in [-0.39, 0.29) is 17.8 Å². The molecule has 4 heterocycles. The molecule has 1 aromatic carbocycles. The smallest absolute Gasteiger partial charge is 0.407 e. The van der Waals surface area contributed by atoms with E-state index in [4.69, 9.17) is 4.42 Å². The summed E-state index contributed by atoms with van der Waals surface area (Å²) in [6.45, 7) is 1.07. The van der Waals surface area contributed by atoms with Crippen LogP contribution in [0.5, 0.6) is 5.75 Å². The molecule has 0 spiro atoms. The van der Waals surface area contributed by atoms with E-state index < -0.39 is 6.09 Å². The van der Waals surface area contributed by atoms with Crippen molar-refractivity contribution in [2.75, 3.05) is 18.0 Å². The SMILES string of the molecule is Cn1ccc(-c2ccc(O)c3nc(N4CC5CCC(C4)N5C(=O)O)oc23)n1. The van der Waals surface area contributed by atoms with Gasteiger partial charge in [-0.05, 0) is 31.0 Å². The monoisotopic (exact) mass is 369 g/mol. The van der Waals surface area contributed by atoms with Crippen molar-refractivity contribution in [1.82, 2.24) is 19.7 Å². The molecule has 0 aliphatic carbocycles. The van der Waals surface area contributed by atoms with Crippen molar-refractivity contribution >= 4 is 23.2 Å². The van der Waals surface area contributed by atoms with Crippen LogP contribution in [0, 0.1) is 0 Å². The number of anilines is 1. The predicted octanol–water partition coefficient (Wildman–Crippen LogP) is 2.26. The number of amides is 1. The molecule has 9 nitrogen and oxygen atoms in total. The Morgan fingerprint density at radius 2 is 1.96 bits per heavy atom. The minimum Gasteiger partial charge on any atom is -0.506 e. The molecule has 2 bridgehead atoms. The molecule has 140 valence electrons. The molecule has 2 aromatic heterocycles. The van der Waals surface area contributed by atoms with Gasteiger partial charge in [0.25, 0.3) is 6.01 Å². The van der Waals surface area contributed by atoms with Crippen LogP contribution in [-0.2, 0) is 7.05 Å². The van der Waals surface area contributed by atoms with E-state index in [1.165, 1.54) is 0 Å². The van der Waals surface area contributed by atoms with Crippen LogP contribution < -0.4 is 4.90 Å². The van der Waals surface area contributed by atoms with Crippen molar-refractivity contribution in [3.8, 4) is 17.0 Å². The maximum absolute atomic E-state index is 11.5. The zero-order valence-electron chi connectivity index (χ0n) is 14.7. The fraction of sp³-hybridized carbons (Fsp3) is 0.389. The third-order valence-electron chi connectivity index (χ3n) is 5.47. The summed E-state index contributed by atoms with van der Waals surface area (Å²) >= 11 is 0. The van der Waals surface area contributed by atoms with Crippen molar-refractivity contribution in [3.05, 3.63) is 24.4 Å². The van der Waals surface area contributed by atoms with Gasteiger partial charge in [0.05, 0.1) is 17.8 Å². The Balaban J connectivity index is 1.54. The van der Waals surface area contributed by atoms with Gasteiger partial charge in [-0.1, -0.05) is 0 Å². The van der Waals surface area contributed by atoms with E-state index in [2.05, 4.69) is 10.1 Å². The molecule has 9 heteroatoms. The molecule has 0 radical (unpaired) electrons. The van der Waals surface area contributed by atoms with Gasteiger partial charge in [-0.15, -0.1) is 0 Å². The summed E-state index contributed by atoms with van der Waals surface area (Å²) in [6, 6.07) is 5.52. The molecule has 2 aliphatic heterocycles. The van der Waals surface area contributed by atoms with Crippen molar-refractivity contribution < 1.29 is 19.4 Å². The summed E-state index contributed by atoms with van der Waals surface area (Å²) in [5.74, 6) is 0.0480. The predicted molar refractivity (Wildman–Crippen MR) is 96.8 cm³/mol. The third kappa shape index (κ3) is 2.42. The highest BCUT2D eigenvalue weighted by atomic mass is 16.4. The second kappa shape index (κ2) is 5.63. The molecular weight excluding hydrogens is 350 g/mol. The largest absolute Gasteiger partial charge is 0.506 e. The second-order valence-corrected chi connectivity index (χ2v) is 7.16. The number of aromatic nitrogens is 3. The van der Waals surface area contributed by atoms with E-state index in [1.54, 1.807) is 21.7 Å². The number of piperazine rings is 1. The molecule has 1 amide bonds. The maximum Gasteiger partial charge on any atom is 0.407 e. The van der Waals surface area contributed by atoms with Crippen LogP contribution in [0.25, 0.3) is 22.4 Å². The lowest BCUT2D eigenvalue weighted by molar-refractivity contribution is 0.114. The van der Waals surface area contributed by atoms with E-state index >= 15 is 0 Å². The lowest BCUT2D eigenvalue weighted by Gasteiger charge is -2.38. The minimum absolute atomic E-state index is 0.0480. The molecule has 27 heavy (non-hydrogen) atoms. The number of rotatable bonds is 2. The number of phenolic OH excluding ortho intramolecular Hbond substituents is 1. The Kier molecular flexibility index (Phi) is 3.33. The van der Waals surface area contributed by atoms with Crippen LogP contribution in [0.2, 0.25) is 0 Å². The molecule has 2 N–H and O–H groups in total. The number of phenols is 1. The first-order valence-electron chi connectivity index (χ1n) is 8.90. The minimum atomic E-state index is -0.866.